The molecule has 0 aliphatic carbocycles. The van der Waals surface area contributed by atoms with Crippen LogP contribution in [0.25, 0.3) is 0 Å². The Morgan fingerprint density at radius 3 is 2.67 bits per heavy atom. The molecule has 0 bridgehead atoms. The molecule has 1 saturated heterocycles. The molecule has 1 unspecified atom stereocenters. The van der Waals surface area contributed by atoms with Crippen LogP contribution in [0.4, 0.5) is 0 Å². The summed E-state index contributed by atoms with van der Waals surface area (Å²) in [6, 6.07) is 8.07. The van der Waals surface area contributed by atoms with Gasteiger partial charge in [-0.3, -0.25) is 4.90 Å². The summed E-state index contributed by atoms with van der Waals surface area (Å²) >= 11 is 6.20. The van der Waals surface area contributed by atoms with Crippen LogP contribution in [0, 0.1) is 0 Å². The molecule has 3 nitrogen and oxygen atoms in total. The molecule has 1 fully saturated rings. The Labute approximate surface area is 133 Å². The minimum absolute atomic E-state index is 0.184. The van der Waals surface area contributed by atoms with Gasteiger partial charge in [0.15, 0.2) is 9.84 Å². The molecular formula is C16H24ClNO2S. The lowest BCUT2D eigenvalue weighted by atomic mass is 10.1. The number of sulfone groups is 1. The van der Waals surface area contributed by atoms with Crippen LogP contribution in [0.3, 0.4) is 0 Å². The second-order valence-corrected chi connectivity index (χ2v) is 8.42. The van der Waals surface area contributed by atoms with Gasteiger partial charge >= 0.3 is 0 Å². The summed E-state index contributed by atoms with van der Waals surface area (Å²) in [5.74, 6) is 0.658. The van der Waals surface area contributed by atoms with Crippen molar-refractivity contribution in [3.05, 3.63) is 34.9 Å². The molecule has 0 aromatic heterocycles. The van der Waals surface area contributed by atoms with Crippen molar-refractivity contribution in [2.45, 2.75) is 38.6 Å². The molecule has 21 heavy (non-hydrogen) atoms. The quantitative estimate of drug-likeness (QED) is 0.771. The fraction of sp³-hybridized carbons (Fsp3) is 0.625. The molecule has 1 aromatic rings. The summed E-state index contributed by atoms with van der Waals surface area (Å²) in [6.07, 6.45) is 3.88. The summed E-state index contributed by atoms with van der Waals surface area (Å²) in [7, 11) is -2.82. The number of nitrogens with zero attached hydrogens (tertiary/aromatic N) is 1. The Morgan fingerprint density at radius 2 is 2.05 bits per heavy atom. The normalized spacial score (nSPS) is 21.0. The van der Waals surface area contributed by atoms with Gasteiger partial charge in [0.2, 0.25) is 0 Å². The Hall–Kier alpha value is -0.580. The molecule has 118 valence electrons. The van der Waals surface area contributed by atoms with E-state index in [0.717, 1.165) is 49.4 Å². The Morgan fingerprint density at radius 1 is 1.29 bits per heavy atom. The molecule has 1 aliphatic heterocycles. The molecule has 0 amide bonds. The smallest absolute Gasteiger partial charge is 0.151 e. The van der Waals surface area contributed by atoms with Gasteiger partial charge in [0, 0.05) is 17.6 Å². The average molecular weight is 330 g/mol. The summed E-state index contributed by atoms with van der Waals surface area (Å²) in [6.45, 7) is 4.02. The van der Waals surface area contributed by atoms with Gasteiger partial charge in [-0.25, -0.2) is 8.42 Å². The van der Waals surface area contributed by atoms with Crippen molar-refractivity contribution in [1.82, 2.24) is 4.90 Å². The van der Waals surface area contributed by atoms with Crippen LogP contribution in [-0.2, 0) is 16.3 Å². The lowest BCUT2D eigenvalue weighted by Gasteiger charge is -2.28. The van der Waals surface area contributed by atoms with Crippen LogP contribution in [0.5, 0.6) is 0 Å². The third-order valence-electron chi connectivity index (χ3n) is 4.15. The molecule has 2 rings (SSSR count). The average Bonchev–Trinajstić information content (AvgIpc) is 2.81. The number of hydrogen-bond acceptors (Lipinski definition) is 3. The topological polar surface area (TPSA) is 37.4 Å². The van der Waals surface area contributed by atoms with Crippen molar-refractivity contribution in [2.75, 3.05) is 24.6 Å². The molecule has 0 radical (unpaired) electrons. The summed E-state index contributed by atoms with van der Waals surface area (Å²) in [5, 5.41) is 0.798. The first-order valence-electron chi connectivity index (χ1n) is 7.69. The number of benzene rings is 1. The van der Waals surface area contributed by atoms with Crippen LogP contribution in [0.15, 0.2) is 24.3 Å². The standard InChI is InChI=1S/C16H24ClNO2S/c1-2-3-10-18(15-9-12-21(19,20)13-15)11-8-14-6-4-5-7-16(14)17/h4-7,15H,2-3,8-13H2,1H3. The summed E-state index contributed by atoms with van der Waals surface area (Å²) in [5.41, 5.74) is 1.14. The molecule has 5 heteroatoms. The van der Waals surface area contributed by atoms with Gasteiger partial charge < -0.3 is 0 Å². The number of hydrogen-bond donors (Lipinski definition) is 0. The van der Waals surface area contributed by atoms with Gasteiger partial charge in [0.1, 0.15) is 0 Å². The number of halogens is 1. The summed E-state index contributed by atoms with van der Waals surface area (Å²) < 4.78 is 23.4. The van der Waals surface area contributed by atoms with Crippen LogP contribution in [0.1, 0.15) is 31.7 Å². The van der Waals surface area contributed by atoms with E-state index >= 15 is 0 Å². The fourth-order valence-corrected chi connectivity index (χ4v) is 4.86. The maximum atomic E-state index is 11.7. The molecule has 0 N–H and O–H groups in total. The molecular weight excluding hydrogens is 306 g/mol. The van der Waals surface area contributed by atoms with Gasteiger partial charge in [-0.15, -0.1) is 0 Å². The molecule has 0 saturated carbocycles. The van der Waals surface area contributed by atoms with Crippen molar-refractivity contribution >= 4 is 21.4 Å². The largest absolute Gasteiger partial charge is 0.299 e. The predicted molar refractivity (Wildman–Crippen MR) is 88.7 cm³/mol. The minimum Gasteiger partial charge on any atom is -0.299 e. The van der Waals surface area contributed by atoms with Crippen molar-refractivity contribution in [1.29, 1.82) is 0 Å². The van der Waals surface area contributed by atoms with Crippen molar-refractivity contribution in [3.8, 4) is 0 Å². The van der Waals surface area contributed by atoms with E-state index in [2.05, 4.69) is 11.8 Å². The van der Waals surface area contributed by atoms with E-state index in [1.807, 2.05) is 24.3 Å². The Bertz CT molecular complexity index is 559. The molecule has 1 aromatic carbocycles. The van der Waals surface area contributed by atoms with E-state index in [9.17, 15) is 8.42 Å². The van der Waals surface area contributed by atoms with Crippen molar-refractivity contribution in [3.63, 3.8) is 0 Å². The van der Waals surface area contributed by atoms with Crippen LogP contribution < -0.4 is 0 Å². The molecule has 1 aliphatic rings. The predicted octanol–water partition coefficient (Wildman–Crippen LogP) is 3.17. The highest BCUT2D eigenvalue weighted by atomic mass is 35.5. The first-order valence-corrected chi connectivity index (χ1v) is 9.89. The van der Waals surface area contributed by atoms with Crippen molar-refractivity contribution in [2.24, 2.45) is 0 Å². The summed E-state index contributed by atoms with van der Waals surface area (Å²) in [4.78, 5) is 2.34. The molecule has 1 heterocycles. The van der Waals surface area contributed by atoms with Gasteiger partial charge in [-0.05, 0) is 37.4 Å². The zero-order valence-corrected chi connectivity index (χ0v) is 14.2. The maximum Gasteiger partial charge on any atom is 0.151 e. The Balaban J connectivity index is 1.98. The zero-order valence-electron chi connectivity index (χ0n) is 12.6. The van der Waals surface area contributed by atoms with E-state index in [1.54, 1.807) is 0 Å². The van der Waals surface area contributed by atoms with Gasteiger partial charge in [-0.2, -0.15) is 0 Å². The maximum absolute atomic E-state index is 11.7. The number of rotatable bonds is 7. The first-order chi connectivity index (χ1) is 10.0. The zero-order chi connectivity index (χ0) is 15.3. The highest BCUT2D eigenvalue weighted by Gasteiger charge is 2.31. The highest BCUT2D eigenvalue weighted by Crippen LogP contribution is 2.21. The highest BCUT2D eigenvalue weighted by molar-refractivity contribution is 7.91. The van der Waals surface area contributed by atoms with Crippen LogP contribution in [-0.4, -0.2) is 44.0 Å². The number of unbranched alkanes of at least 4 members (excludes halogenated alkanes) is 1. The van der Waals surface area contributed by atoms with E-state index < -0.39 is 9.84 Å². The SMILES string of the molecule is CCCCN(CCc1ccccc1Cl)C1CCS(=O)(=O)C1. The Kier molecular flexibility index (Phi) is 6.08. The van der Waals surface area contributed by atoms with Crippen LogP contribution in [0.2, 0.25) is 5.02 Å². The second kappa shape index (κ2) is 7.61. The van der Waals surface area contributed by atoms with Crippen LogP contribution >= 0.6 is 11.6 Å². The van der Waals surface area contributed by atoms with Gasteiger partial charge in [0.25, 0.3) is 0 Å². The molecule has 1 atom stereocenters. The van der Waals surface area contributed by atoms with E-state index in [-0.39, 0.29) is 6.04 Å². The first kappa shape index (κ1) is 16.8. The third kappa shape index (κ3) is 4.97. The van der Waals surface area contributed by atoms with Gasteiger partial charge in [0.05, 0.1) is 11.5 Å². The third-order valence-corrected chi connectivity index (χ3v) is 6.27. The van der Waals surface area contributed by atoms with E-state index in [0.29, 0.717) is 11.5 Å². The van der Waals surface area contributed by atoms with E-state index in [1.165, 1.54) is 0 Å². The lowest BCUT2D eigenvalue weighted by molar-refractivity contribution is 0.211. The van der Waals surface area contributed by atoms with E-state index in [4.69, 9.17) is 11.6 Å². The monoisotopic (exact) mass is 329 g/mol. The molecule has 0 spiro atoms. The lowest BCUT2D eigenvalue weighted by Crippen LogP contribution is -2.38. The van der Waals surface area contributed by atoms with Crippen molar-refractivity contribution < 1.29 is 8.42 Å². The van der Waals surface area contributed by atoms with Gasteiger partial charge in [-0.1, -0.05) is 43.1 Å². The second-order valence-electron chi connectivity index (χ2n) is 5.79. The minimum atomic E-state index is -2.82. The fourth-order valence-electron chi connectivity index (χ4n) is 2.87.